The van der Waals surface area contributed by atoms with Crippen LogP contribution in [0.15, 0.2) is 59.6 Å². The van der Waals surface area contributed by atoms with Crippen LogP contribution < -0.4 is 0 Å². The Labute approximate surface area is 119 Å². The molecule has 1 N–H and O–H groups in total. The number of para-hydroxylation sites is 1. The first-order chi connectivity index (χ1) is 9.44. The molecule has 20 heavy (non-hydrogen) atoms. The van der Waals surface area contributed by atoms with E-state index in [9.17, 15) is 5.11 Å². The number of aliphatic hydroxyl groups is 1. The molecular weight excluding hydrogens is 246 g/mol. The SMILES string of the molecule is CC(C)(C)C1=Nc2ccccc2C1(O)c1ccccc1. The van der Waals surface area contributed by atoms with Gasteiger partial charge in [0.2, 0.25) is 0 Å². The highest BCUT2D eigenvalue weighted by atomic mass is 16.3. The van der Waals surface area contributed by atoms with E-state index in [-0.39, 0.29) is 5.41 Å². The van der Waals surface area contributed by atoms with Crippen LogP contribution in [0.1, 0.15) is 31.9 Å². The summed E-state index contributed by atoms with van der Waals surface area (Å²) >= 11 is 0. The molecule has 2 aromatic carbocycles. The van der Waals surface area contributed by atoms with Crippen LogP contribution in [-0.4, -0.2) is 10.8 Å². The van der Waals surface area contributed by atoms with Gasteiger partial charge in [-0.3, -0.25) is 4.99 Å². The third-order valence-electron chi connectivity index (χ3n) is 3.77. The molecule has 0 fully saturated rings. The lowest BCUT2D eigenvalue weighted by Gasteiger charge is -2.33. The molecule has 0 radical (unpaired) electrons. The third-order valence-corrected chi connectivity index (χ3v) is 3.77. The van der Waals surface area contributed by atoms with Crippen molar-refractivity contribution in [1.82, 2.24) is 0 Å². The molecule has 1 atom stereocenters. The molecular formula is C18H19NO. The van der Waals surface area contributed by atoms with Crippen LogP contribution in [-0.2, 0) is 5.60 Å². The first-order valence-corrected chi connectivity index (χ1v) is 6.91. The van der Waals surface area contributed by atoms with E-state index in [1.54, 1.807) is 0 Å². The zero-order chi connectivity index (χ0) is 14.4. The van der Waals surface area contributed by atoms with Gasteiger partial charge in [0.05, 0.1) is 11.4 Å². The van der Waals surface area contributed by atoms with Crippen molar-refractivity contribution >= 4 is 11.4 Å². The smallest absolute Gasteiger partial charge is 0.156 e. The second-order valence-corrected chi connectivity index (χ2v) is 6.30. The van der Waals surface area contributed by atoms with Crippen LogP contribution in [0.2, 0.25) is 0 Å². The molecule has 2 heteroatoms. The monoisotopic (exact) mass is 265 g/mol. The van der Waals surface area contributed by atoms with Gasteiger partial charge in [0.1, 0.15) is 0 Å². The maximum absolute atomic E-state index is 11.5. The molecule has 0 spiro atoms. The standard InChI is InChI=1S/C18H19NO/c1-17(2,3)16-18(20,13-9-5-4-6-10-13)14-11-7-8-12-15(14)19-16/h4-12,20H,1-3H3. The number of hydrogen-bond acceptors (Lipinski definition) is 2. The van der Waals surface area contributed by atoms with Gasteiger partial charge >= 0.3 is 0 Å². The fourth-order valence-electron chi connectivity index (χ4n) is 2.89. The Balaban J connectivity index is 2.28. The zero-order valence-electron chi connectivity index (χ0n) is 12.1. The maximum atomic E-state index is 11.5. The number of aliphatic imine (C=N–C) groups is 1. The first-order valence-electron chi connectivity index (χ1n) is 6.91. The van der Waals surface area contributed by atoms with Gasteiger partial charge in [-0.1, -0.05) is 69.3 Å². The number of rotatable bonds is 1. The van der Waals surface area contributed by atoms with E-state index in [1.165, 1.54) is 0 Å². The lowest BCUT2D eigenvalue weighted by molar-refractivity contribution is 0.149. The summed E-state index contributed by atoms with van der Waals surface area (Å²) in [6.45, 7) is 6.27. The van der Waals surface area contributed by atoms with Crippen molar-refractivity contribution in [3.8, 4) is 0 Å². The first kappa shape index (κ1) is 13.1. The summed E-state index contributed by atoms with van der Waals surface area (Å²) in [4.78, 5) is 4.72. The van der Waals surface area contributed by atoms with E-state index in [1.807, 2.05) is 54.6 Å². The summed E-state index contributed by atoms with van der Waals surface area (Å²) < 4.78 is 0. The average Bonchev–Trinajstić information content (AvgIpc) is 2.75. The minimum Gasteiger partial charge on any atom is -0.375 e. The maximum Gasteiger partial charge on any atom is 0.156 e. The van der Waals surface area contributed by atoms with Crippen molar-refractivity contribution in [3.63, 3.8) is 0 Å². The molecule has 1 aliphatic rings. The molecule has 102 valence electrons. The quantitative estimate of drug-likeness (QED) is 0.828. The molecule has 0 saturated heterocycles. The van der Waals surface area contributed by atoms with Crippen LogP contribution in [0.3, 0.4) is 0 Å². The minimum absolute atomic E-state index is 0.205. The molecule has 2 nitrogen and oxygen atoms in total. The molecule has 2 aromatic rings. The molecule has 0 aliphatic carbocycles. The fourth-order valence-corrected chi connectivity index (χ4v) is 2.89. The van der Waals surface area contributed by atoms with Crippen molar-refractivity contribution in [1.29, 1.82) is 0 Å². The van der Waals surface area contributed by atoms with Crippen molar-refractivity contribution in [3.05, 3.63) is 65.7 Å². The van der Waals surface area contributed by atoms with Crippen molar-refractivity contribution in [2.24, 2.45) is 10.4 Å². The lowest BCUT2D eigenvalue weighted by Crippen LogP contribution is -2.41. The summed E-state index contributed by atoms with van der Waals surface area (Å²) in [7, 11) is 0. The third kappa shape index (κ3) is 1.80. The highest BCUT2D eigenvalue weighted by molar-refractivity contribution is 6.05. The molecule has 0 saturated carbocycles. The normalized spacial score (nSPS) is 21.5. The Morgan fingerprint density at radius 3 is 2.15 bits per heavy atom. The topological polar surface area (TPSA) is 32.6 Å². The summed E-state index contributed by atoms with van der Waals surface area (Å²) in [5.74, 6) is 0. The van der Waals surface area contributed by atoms with Crippen molar-refractivity contribution < 1.29 is 5.11 Å². The molecule has 0 amide bonds. The number of nitrogens with zero attached hydrogens (tertiary/aromatic N) is 1. The second-order valence-electron chi connectivity index (χ2n) is 6.30. The predicted octanol–water partition coefficient (Wildman–Crippen LogP) is 4.05. The van der Waals surface area contributed by atoms with Gasteiger partial charge < -0.3 is 5.11 Å². The van der Waals surface area contributed by atoms with Gasteiger partial charge in [-0.15, -0.1) is 0 Å². The molecule has 1 aliphatic heterocycles. The summed E-state index contributed by atoms with van der Waals surface area (Å²) in [5, 5.41) is 11.5. The van der Waals surface area contributed by atoms with Gasteiger partial charge in [-0.25, -0.2) is 0 Å². The van der Waals surface area contributed by atoms with E-state index in [4.69, 9.17) is 4.99 Å². The van der Waals surface area contributed by atoms with Gasteiger partial charge in [-0.2, -0.15) is 0 Å². The second kappa shape index (κ2) is 4.29. The Bertz CT molecular complexity index is 667. The Morgan fingerprint density at radius 2 is 1.50 bits per heavy atom. The molecule has 1 unspecified atom stereocenters. The van der Waals surface area contributed by atoms with E-state index in [2.05, 4.69) is 20.8 Å². The summed E-state index contributed by atoms with van der Waals surface area (Å²) in [6, 6.07) is 17.6. The van der Waals surface area contributed by atoms with Crippen LogP contribution in [0, 0.1) is 5.41 Å². The van der Waals surface area contributed by atoms with Crippen LogP contribution in [0.4, 0.5) is 5.69 Å². The summed E-state index contributed by atoms with van der Waals surface area (Å²) in [5.41, 5.74) is 2.08. The Hall–Kier alpha value is -1.93. The van der Waals surface area contributed by atoms with Gasteiger partial charge in [0.25, 0.3) is 0 Å². The lowest BCUT2D eigenvalue weighted by atomic mass is 9.74. The molecule has 3 rings (SSSR count). The van der Waals surface area contributed by atoms with Gasteiger partial charge in [-0.05, 0) is 11.6 Å². The minimum atomic E-state index is -1.13. The van der Waals surface area contributed by atoms with Gasteiger partial charge in [0, 0.05) is 11.0 Å². The number of hydrogen-bond donors (Lipinski definition) is 1. The van der Waals surface area contributed by atoms with Crippen molar-refractivity contribution in [2.45, 2.75) is 26.4 Å². The van der Waals surface area contributed by atoms with Crippen LogP contribution in [0.5, 0.6) is 0 Å². The summed E-state index contributed by atoms with van der Waals surface area (Å²) in [6.07, 6.45) is 0. The highest BCUT2D eigenvalue weighted by Crippen LogP contribution is 2.47. The predicted molar refractivity (Wildman–Crippen MR) is 82.4 cm³/mol. The van der Waals surface area contributed by atoms with E-state index >= 15 is 0 Å². The van der Waals surface area contributed by atoms with Crippen LogP contribution in [0.25, 0.3) is 0 Å². The van der Waals surface area contributed by atoms with Gasteiger partial charge in [0.15, 0.2) is 5.60 Å². The highest BCUT2D eigenvalue weighted by Gasteiger charge is 2.47. The Morgan fingerprint density at radius 1 is 0.900 bits per heavy atom. The number of fused-ring (bicyclic) bond motifs is 1. The van der Waals surface area contributed by atoms with Crippen LogP contribution >= 0.6 is 0 Å². The zero-order valence-corrected chi connectivity index (χ0v) is 12.1. The van der Waals surface area contributed by atoms with Crippen molar-refractivity contribution in [2.75, 3.05) is 0 Å². The number of benzene rings is 2. The molecule has 0 aromatic heterocycles. The average molecular weight is 265 g/mol. The van der Waals surface area contributed by atoms with E-state index in [0.717, 1.165) is 22.5 Å². The molecule has 1 heterocycles. The fraction of sp³-hybridized carbons (Fsp3) is 0.278. The Kier molecular flexibility index (Phi) is 2.80. The van der Waals surface area contributed by atoms with E-state index < -0.39 is 5.60 Å². The van der Waals surface area contributed by atoms with E-state index in [0.29, 0.717) is 0 Å². The molecule has 0 bridgehead atoms. The largest absolute Gasteiger partial charge is 0.375 e.